The molecular weight excluding hydrogens is 695 g/mol. The van der Waals surface area contributed by atoms with Gasteiger partial charge in [0.2, 0.25) is 5.91 Å². The molecule has 5 atom stereocenters. The van der Waals surface area contributed by atoms with Gasteiger partial charge in [-0.05, 0) is 60.7 Å². The molecule has 1 unspecified atom stereocenters. The number of ether oxygens (including phenoxy) is 2. The molecule has 1 spiro atoms. The number of nitrogens with zero attached hydrogens (tertiary/aromatic N) is 5. The van der Waals surface area contributed by atoms with Crippen LogP contribution in [0.4, 0.5) is 11.4 Å². The van der Waals surface area contributed by atoms with Gasteiger partial charge in [0, 0.05) is 49.4 Å². The summed E-state index contributed by atoms with van der Waals surface area (Å²) in [4.78, 5) is 32.2. The average molecular weight is 748 g/mol. The Morgan fingerprint density at radius 1 is 1.06 bits per heavy atom. The van der Waals surface area contributed by atoms with Crippen LogP contribution >= 0.6 is 0 Å². The van der Waals surface area contributed by atoms with Crippen molar-refractivity contribution >= 4 is 36.4 Å². The molecule has 54 heavy (non-hydrogen) atoms. The van der Waals surface area contributed by atoms with Crippen LogP contribution in [0.3, 0.4) is 0 Å². The Labute approximate surface area is 319 Å². The fourth-order valence-electron chi connectivity index (χ4n) is 9.38. The number of amides is 2. The molecule has 1 aromatic heterocycles. The topological polar surface area (TPSA) is 110 Å². The summed E-state index contributed by atoms with van der Waals surface area (Å²) in [6.07, 6.45) is 8.53. The van der Waals surface area contributed by atoms with Crippen molar-refractivity contribution in [3.63, 3.8) is 0 Å². The Bertz CT molecular complexity index is 1970. The highest BCUT2D eigenvalue weighted by Crippen LogP contribution is 2.60. The molecule has 0 radical (unpaired) electrons. The molecule has 2 fully saturated rings. The highest BCUT2D eigenvalue weighted by Gasteiger charge is 2.66. The van der Waals surface area contributed by atoms with E-state index in [1.54, 1.807) is 13.2 Å². The number of aryl methyl sites for hydroxylation is 1. The number of carbonyl (C=O) groups is 2. The van der Waals surface area contributed by atoms with Crippen LogP contribution in [0.2, 0.25) is 18.6 Å². The number of benzene rings is 3. The lowest BCUT2D eigenvalue weighted by molar-refractivity contribution is -0.145. The average Bonchev–Trinajstić information content (AvgIpc) is 3.83. The van der Waals surface area contributed by atoms with Gasteiger partial charge in [-0.25, -0.2) is 0 Å². The van der Waals surface area contributed by atoms with E-state index in [9.17, 15) is 9.90 Å². The summed E-state index contributed by atoms with van der Waals surface area (Å²) in [6, 6.07) is 24.3. The number of aliphatic hydroxyl groups excluding tert-OH is 1. The lowest BCUT2D eigenvalue weighted by atomic mass is 9.82. The standard InChI is InChI=1S/C43H53N5O5Si/c1-6-24-48-38-22-17-32(47-25-13-8-7-12-16-40(47)50)27-36(38)43(42(48)51)30(2)41(54(4,5)34-20-18-33(52-3)19-21-34)39(53-43)23-26-46-28-37(44-45-46)35(29-49)31-14-10-9-11-15-31/h6,9-11,14-15,17-22,27-28,30,35,39,41,49H,1,7-8,12-13,16,23-26,29H2,2-5H3/t30-,35?,39+,41-,43+/m1/s1. The second-order valence-corrected chi connectivity index (χ2v) is 20.3. The van der Waals surface area contributed by atoms with Crippen LogP contribution in [0.5, 0.6) is 5.75 Å². The van der Waals surface area contributed by atoms with Crippen LogP contribution in [0.25, 0.3) is 0 Å². The van der Waals surface area contributed by atoms with E-state index in [2.05, 4.69) is 55.1 Å². The normalized spacial score (nSPS) is 23.7. The molecule has 2 saturated heterocycles. The molecule has 3 aliphatic rings. The number of aromatic nitrogens is 3. The van der Waals surface area contributed by atoms with Gasteiger partial charge in [0.1, 0.15) is 5.75 Å². The SMILES string of the molecule is C=CCN1C(=O)[C@@]2(O[C@@H](CCn3cc(C(CO)c4ccccc4)nn3)[C@H]([Si](C)(C)c3ccc(OC)cc3)[C@H]2C)c2cc(N3CCCCCCC3=O)ccc21. The largest absolute Gasteiger partial charge is 0.497 e. The summed E-state index contributed by atoms with van der Waals surface area (Å²) < 4.78 is 14.7. The summed E-state index contributed by atoms with van der Waals surface area (Å²) in [5.74, 6) is 0.386. The van der Waals surface area contributed by atoms with Crippen LogP contribution in [-0.2, 0) is 26.5 Å². The second kappa shape index (κ2) is 15.6. The van der Waals surface area contributed by atoms with Crippen molar-refractivity contribution in [3.05, 3.63) is 108 Å². The summed E-state index contributed by atoms with van der Waals surface area (Å²) >= 11 is 0. The molecule has 11 heteroatoms. The third-order valence-electron chi connectivity index (χ3n) is 12.2. The maximum atomic E-state index is 15.0. The number of anilines is 2. The Kier molecular flexibility index (Phi) is 10.9. The van der Waals surface area contributed by atoms with Crippen LogP contribution in [0.1, 0.15) is 68.2 Å². The molecular formula is C43H53N5O5Si. The minimum atomic E-state index is -2.38. The maximum absolute atomic E-state index is 15.0. The van der Waals surface area contributed by atoms with Gasteiger partial charge < -0.3 is 24.4 Å². The maximum Gasteiger partial charge on any atom is 0.264 e. The molecule has 4 heterocycles. The Morgan fingerprint density at radius 2 is 1.81 bits per heavy atom. The van der Waals surface area contributed by atoms with E-state index in [1.807, 2.05) is 75.3 Å². The fourth-order valence-corrected chi connectivity index (χ4v) is 13.4. The third-order valence-corrected chi connectivity index (χ3v) is 16.6. The third kappa shape index (κ3) is 6.71. The lowest BCUT2D eigenvalue weighted by Crippen LogP contribution is -2.52. The van der Waals surface area contributed by atoms with Crippen LogP contribution in [0, 0.1) is 5.92 Å². The van der Waals surface area contributed by atoms with Crippen LogP contribution in [0.15, 0.2) is 91.6 Å². The number of hydrogen-bond acceptors (Lipinski definition) is 7. The predicted octanol–water partition coefficient (Wildman–Crippen LogP) is 6.55. The minimum Gasteiger partial charge on any atom is -0.497 e. The summed E-state index contributed by atoms with van der Waals surface area (Å²) in [5, 5.41) is 20.5. The highest BCUT2D eigenvalue weighted by molar-refractivity contribution is 6.91. The summed E-state index contributed by atoms with van der Waals surface area (Å²) in [5.41, 5.74) is 2.95. The van der Waals surface area contributed by atoms with Crippen molar-refractivity contribution < 1.29 is 24.2 Å². The number of hydrogen-bond donors (Lipinski definition) is 1. The first-order chi connectivity index (χ1) is 26.1. The minimum absolute atomic E-state index is 0.0378. The summed E-state index contributed by atoms with van der Waals surface area (Å²) in [6.45, 7) is 12.4. The van der Waals surface area contributed by atoms with E-state index in [1.165, 1.54) is 5.19 Å². The predicted molar refractivity (Wildman–Crippen MR) is 214 cm³/mol. The van der Waals surface area contributed by atoms with Gasteiger partial charge in [-0.15, -0.1) is 11.7 Å². The second-order valence-electron chi connectivity index (χ2n) is 15.6. The van der Waals surface area contributed by atoms with Gasteiger partial charge in [-0.3, -0.25) is 14.3 Å². The molecule has 284 valence electrons. The molecule has 10 nitrogen and oxygen atoms in total. The quantitative estimate of drug-likeness (QED) is 0.129. The highest BCUT2D eigenvalue weighted by atomic mass is 28.3. The smallest absolute Gasteiger partial charge is 0.264 e. The molecule has 7 rings (SSSR count). The zero-order valence-electron chi connectivity index (χ0n) is 32.0. The van der Waals surface area contributed by atoms with Crippen LogP contribution in [-0.4, -0.2) is 72.9 Å². The molecule has 1 N–H and O–H groups in total. The number of rotatable bonds is 12. The van der Waals surface area contributed by atoms with E-state index >= 15 is 4.79 Å². The number of carbonyl (C=O) groups excluding carboxylic acids is 2. The van der Waals surface area contributed by atoms with Crippen molar-refractivity contribution in [3.8, 4) is 5.75 Å². The number of methoxy groups -OCH3 is 1. The van der Waals surface area contributed by atoms with E-state index in [-0.39, 0.29) is 41.9 Å². The van der Waals surface area contributed by atoms with E-state index in [0.29, 0.717) is 38.2 Å². The van der Waals surface area contributed by atoms with Gasteiger partial charge >= 0.3 is 0 Å². The summed E-state index contributed by atoms with van der Waals surface area (Å²) in [7, 11) is -0.701. The van der Waals surface area contributed by atoms with Gasteiger partial charge in [0.05, 0.1) is 45.2 Å². The van der Waals surface area contributed by atoms with Crippen molar-refractivity contribution in [2.75, 3.05) is 36.6 Å². The first-order valence-electron chi connectivity index (χ1n) is 19.4. The van der Waals surface area contributed by atoms with Crippen molar-refractivity contribution in [2.24, 2.45) is 5.92 Å². The van der Waals surface area contributed by atoms with Gasteiger partial charge in [-0.2, -0.15) is 0 Å². The van der Waals surface area contributed by atoms with Gasteiger partial charge in [-0.1, -0.05) is 91.8 Å². The van der Waals surface area contributed by atoms with Gasteiger partial charge in [0.25, 0.3) is 5.91 Å². The molecule has 4 aromatic rings. The number of aliphatic hydroxyl groups is 1. The lowest BCUT2D eigenvalue weighted by Gasteiger charge is -2.37. The zero-order chi connectivity index (χ0) is 38.0. The monoisotopic (exact) mass is 747 g/mol. The Morgan fingerprint density at radius 3 is 2.54 bits per heavy atom. The zero-order valence-corrected chi connectivity index (χ0v) is 33.0. The Balaban J connectivity index is 1.28. The Hall–Kier alpha value is -4.58. The molecule has 2 amide bonds. The number of fused-ring (bicyclic) bond motifs is 2. The van der Waals surface area contributed by atoms with E-state index in [0.717, 1.165) is 53.9 Å². The van der Waals surface area contributed by atoms with Crippen molar-refractivity contribution in [1.29, 1.82) is 0 Å². The van der Waals surface area contributed by atoms with E-state index in [4.69, 9.17) is 9.47 Å². The molecule has 0 bridgehead atoms. The molecule has 0 saturated carbocycles. The molecule has 3 aliphatic heterocycles. The van der Waals surface area contributed by atoms with E-state index < -0.39 is 13.7 Å². The molecule has 0 aliphatic carbocycles. The van der Waals surface area contributed by atoms with Crippen LogP contribution < -0.4 is 19.7 Å². The van der Waals surface area contributed by atoms with Crippen molar-refractivity contribution in [1.82, 2.24) is 15.0 Å². The molecule has 3 aromatic carbocycles. The van der Waals surface area contributed by atoms with Gasteiger partial charge in [0.15, 0.2) is 5.60 Å². The van der Waals surface area contributed by atoms with Crippen molar-refractivity contribution in [2.45, 2.75) is 88.3 Å². The first-order valence-corrected chi connectivity index (χ1v) is 22.5. The first kappa shape index (κ1) is 37.7. The fraction of sp³-hybridized carbons (Fsp3) is 0.442.